The van der Waals surface area contributed by atoms with E-state index in [1.165, 1.54) is 38.5 Å². The zero-order valence-corrected chi connectivity index (χ0v) is 12.2. The maximum atomic E-state index is 12.8. The number of nitrogens with zero attached hydrogens (tertiary/aromatic N) is 1. The van der Waals surface area contributed by atoms with Gasteiger partial charge in [0.05, 0.1) is 5.54 Å². The van der Waals surface area contributed by atoms with Gasteiger partial charge in [0.25, 0.3) is 0 Å². The van der Waals surface area contributed by atoms with Crippen molar-refractivity contribution >= 4 is 5.91 Å². The van der Waals surface area contributed by atoms with Gasteiger partial charge in [-0.1, -0.05) is 0 Å². The minimum Gasteiger partial charge on any atom is -0.334 e. The van der Waals surface area contributed by atoms with Crippen molar-refractivity contribution < 1.29 is 4.79 Å². The van der Waals surface area contributed by atoms with Crippen LogP contribution in [0.1, 0.15) is 52.4 Å². The summed E-state index contributed by atoms with van der Waals surface area (Å²) in [5, 5.41) is 3.38. The standard InChI is InChI=1S/C16H26N2O/c1-15(2)14(19)18(4-3-17-15)16-8-11-5-12(9-16)7-13(6-11)10-16/h11-13,17H,3-10H2,1-2H3. The first kappa shape index (κ1) is 12.2. The Kier molecular flexibility index (Phi) is 2.41. The van der Waals surface area contributed by atoms with Crippen LogP contribution in [0.15, 0.2) is 0 Å². The van der Waals surface area contributed by atoms with Gasteiger partial charge >= 0.3 is 0 Å². The number of piperazine rings is 1. The zero-order valence-electron chi connectivity index (χ0n) is 12.2. The molecule has 0 aromatic carbocycles. The molecule has 0 aromatic rings. The average Bonchev–Trinajstić information content (AvgIpc) is 2.30. The largest absolute Gasteiger partial charge is 0.334 e. The fraction of sp³-hybridized carbons (Fsp3) is 0.938. The molecule has 106 valence electrons. The molecule has 4 aliphatic carbocycles. The van der Waals surface area contributed by atoms with Gasteiger partial charge in [-0.3, -0.25) is 4.79 Å². The summed E-state index contributed by atoms with van der Waals surface area (Å²) in [6, 6.07) is 0. The molecule has 0 aromatic heterocycles. The van der Waals surface area contributed by atoms with Gasteiger partial charge in [-0.25, -0.2) is 0 Å². The summed E-state index contributed by atoms with van der Waals surface area (Å²) in [5.41, 5.74) is -0.118. The van der Waals surface area contributed by atoms with Crippen molar-refractivity contribution in [2.75, 3.05) is 13.1 Å². The van der Waals surface area contributed by atoms with Crippen LogP contribution in [-0.2, 0) is 4.79 Å². The topological polar surface area (TPSA) is 32.3 Å². The summed E-state index contributed by atoms with van der Waals surface area (Å²) in [4.78, 5) is 15.1. The zero-order chi connectivity index (χ0) is 13.3. The molecule has 5 aliphatic rings. The molecule has 1 heterocycles. The lowest BCUT2D eigenvalue weighted by Crippen LogP contribution is -2.70. The number of hydrogen-bond donors (Lipinski definition) is 1. The monoisotopic (exact) mass is 262 g/mol. The van der Waals surface area contributed by atoms with Crippen LogP contribution in [0.3, 0.4) is 0 Å². The lowest BCUT2D eigenvalue weighted by atomic mass is 9.52. The number of carbonyl (C=O) groups excluding carboxylic acids is 1. The number of carbonyl (C=O) groups is 1. The van der Waals surface area contributed by atoms with E-state index in [0.717, 1.165) is 30.8 Å². The van der Waals surface area contributed by atoms with Gasteiger partial charge in [-0.05, 0) is 70.1 Å². The van der Waals surface area contributed by atoms with Crippen molar-refractivity contribution in [3.63, 3.8) is 0 Å². The van der Waals surface area contributed by atoms with E-state index in [9.17, 15) is 4.79 Å². The Hall–Kier alpha value is -0.570. The molecule has 4 saturated carbocycles. The highest BCUT2D eigenvalue weighted by molar-refractivity contribution is 5.87. The van der Waals surface area contributed by atoms with Crippen LogP contribution < -0.4 is 5.32 Å². The number of hydrogen-bond acceptors (Lipinski definition) is 2. The molecule has 5 fully saturated rings. The first-order valence-electron chi connectivity index (χ1n) is 8.06. The first-order chi connectivity index (χ1) is 8.98. The molecule has 0 radical (unpaired) electrons. The Morgan fingerprint density at radius 3 is 2.11 bits per heavy atom. The van der Waals surface area contributed by atoms with Crippen LogP contribution in [0.4, 0.5) is 0 Å². The van der Waals surface area contributed by atoms with Crippen molar-refractivity contribution in [1.29, 1.82) is 0 Å². The molecule has 3 nitrogen and oxygen atoms in total. The van der Waals surface area contributed by atoms with Crippen LogP contribution in [-0.4, -0.2) is 35.0 Å². The van der Waals surface area contributed by atoms with Crippen LogP contribution in [0, 0.1) is 17.8 Å². The van der Waals surface area contributed by atoms with E-state index in [-0.39, 0.29) is 11.1 Å². The van der Waals surface area contributed by atoms with E-state index in [0.29, 0.717) is 5.91 Å². The Bertz CT molecular complexity index is 380. The lowest BCUT2D eigenvalue weighted by molar-refractivity contribution is -0.160. The summed E-state index contributed by atoms with van der Waals surface area (Å²) in [7, 11) is 0. The second-order valence-corrected chi connectivity index (χ2v) is 8.15. The number of amides is 1. The highest BCUT2D eigenvalue weighted by Gasteiger charge is 2.56. The fourth-order valence-corrected chi connectivity index (χ4v) is 5.84. The van der Waals surface area contributed by atoms with E-state index in [4.69, 9.17) is 0 Å². The Morgan fingerprint density at radius 2 is 1.58 bits per heavy atom. The molecule has 4 bridgehead atoms. The average molecular weight is 262 g/mol. The van der Waals surface area contributed by atoms with Gasteiger partial charge in [0.2, 0.25) is 5.91 Å². The molecule has 0 unspecified atom stereocenters. The summed E-state index contributed by atoms with van der Waals surface area (Å²) >= 11 is 0. The molecule has 0 spiro atoms. The van der Waals surface area contributed by atoms with Crippen molar-refractivity contribution in [2.24, 2.45) is 17.8 Å². The second kappa shape index (κ2) is 3.75. The fourth-order valence-electron chi connectivity index (χ4n) is 5.84. The van der Waals surface area contributed by atoms with Gasteiger partial charge < -0.3 is 10.2 Å². The van der Waals surface area contributed by atoms with Crippen molar-refractivity contribution in [2.45, 2.75) is 63.5 Å². The molecule has 1 N–H and O–H groups in total. The van der Waals surface area contributed by atoms with Crippen LogP contribution in [0.2, 0.25) is 0 Å². The normalized spacial score (nSPS) is 47.8. The maximum Gasteiger partial charge on any atom is 0.242 e. The third-order valence-electron chi connectivity index (χ3n) is 6.26. The molecular formula is C16H26N2O. The third-order valence-corrected chi connectivity index (χ3v) is 6.26. The van der Waals surface area contributed by atoms with Gasteiger partial charge in [0.15, 0.2) is 0 Å². The molecule has 1 saturated heterocycles. The summed E-state index contributed by atoms with van der Waals surface area (Å²) in [6.45, 7) is 5.97. The quantitative estimate of drug-likeness (QED) is 0.785. The Labute approximate surface area is 116 Å². The molecule has 0 atom stereocenters. The number of nitrogens with one attached hydrogen (secondary N) is 1. The van der Waals surface area contributed by atoms with E-state index in [1.54, 1.807) is 0 Å². The lowest BCUT2D eigenvalue weighted by Gasteiger charge is -2.62. The van der Waals surface area contributed by atoms with Crippen LogP contribution in [0.5, 0.6) is 0 Å². The highest BCUT2D eigenvalue weighted by Crippen LogP contribution is 2.58. The Balaban J connectivity index is 1.66. The van der Waals surface area contributed by atoms with E-state index < -0.39 is 0 Å². The summed E-state index contributed by atoms with van der Waals surface area (Å²) in [5.74, 6) is 3.09. The minimum absolute atomic E-state index is 0.241. The smallest absolute Gasteiger partial charge is 0.242 e. The van der Waals surface area contributed by atoms with Crippen molar-refractivity contribution in [3.05, 3.63) is 0 Å². The van der Waals surface area contributed by atoms with Gasteiger partial charge in [-0.2, -0.15) is 0 Å². The predicted octanol–water partition coefficient (Wildman–Crippen LogP) is 2.17. The van der Waals surface area contributed by atoms with Crippen molar-refractivity contribution in [1.82, 2.24) is 10.2 Å². The van der Waals surface area contributed by atoms with Gasteiger partial charge in [0.1, 0.15) is 0 Å². The minimum atomic E-state index is -0.360. The maximum absolute atomic E-state index is 12.8. The van der Waals surface area contributed by atoms with Crippen LogP contribution in [0.25, 0.3) is 0 Å². The van der Waals surface area contributed by atoms with Crippen LogP contribution >= 0.6 is 0 Å². The third kappa shape index (κ3) is 1.70. The van der Waals surface area contributed by atoms with E-state index >= 15 is 0 Å². The van der Waals surface area contributed by atoms with E-state index in [2.05, 4.69) is 10.2 Å². The van der Waals surface area contributed by atoms with Gasteiger partial charge in [0, 0.05) is 18.6 Å². The Morgan fingerprint density at radius 1 is 1.05 bits per heavy atom. The molecule has 3 heteroatoms. The second-order valence-electron chi connectivity index (χ2n) is 8.15. The molecule has 1 aliphatic heterocycles. The number of rotatable bonds is 1. The molecule has 19 heavy (non-hydrogen) atoms. The van der Waals surface area contributed by atoms with Gasteiger partial charge in [-0.15, -0.1) is 0 Å². The molecule has 1 amide bonds. The summed E-state index contributed by atoms with van der Waals surface area (Å²) in [6.07, 6.45) is 8.22. The first-order valence-corrected chi connectivity index (χ1v) is 8.06. The molecular weight excluding hydrogens is 236 g/mol. The summed E-state index contributed by atoms with van der Waals surface area (Å²) < 4.78 is 0. The molecule has 5 rings (SSSR count). The SMILES string of the molecule is CC1(C)NCCN(C23CC4CC(CC(C4)C2)C3)C1=O. The predicted molar refractivity (Wildman–Crippen MR) is 74.7 cm³/mol. The highest BCUT2D eigenvalue weighted by atomic mass is 16.2. The van der Waals surface area contributed by atoms with E-state index in [1.807, 2.05) is 13.8 Å². The van der Waals surface area contributed by atoms with Crippen molar-refractivity contribution in [3.8, 4) is 0 Å².